The molecule has 0 N–H and O–H groups in total. The number of nitrogens with zero attached hydrogens (tertiary/aromatic N) is 1. The van der Waals surface area contributed by atoms with Crippen LogP contribution < -0.4 is 4.74 Å². The Labute approximate surface area is 109 Å². The fourth-order valence-corrected chi connectivity index (χ4v) is 1.60. The van der Waals surface area contributed by atoms with E-state index in [4.69, 9.17) is 16.3 Å². The number of likely N-dealkylation sites (N-methyl/N-ethyl adjacent to an activating group) is 1. The van der Waals surface area contributed by atoms with Gasteiger partial charge >= 0.3 is 0 Å². The Bertz CT molecular complexity index is 256. The second-order valence-electron chi connectivity index (χ2n) is 3.28. The van der Waals surface area contributed by atoms with E-state index in [2.05, 4.69) is 11.8 Å². The third-order valence-electron chi connectivity index (χ3n) is 2.27. The highest BCUT2D eigenvalue weighted by Gasteiger charge is 2.00. The van der Waals surface area contributed by atoms with Gasteiger partial charge in [0.25, 0.3) is 0 Å². The van der Waals surface area contributed by atoms with E-state index in [1.54, 1.807) is 0 Å². The lowest BCUT2D eigenvalue weighted by atomic mass is 10.3. The Morgan fingerprint density at radius 1 is 1.19 bits per heavy atom. The molecular formula is C12H19Cl2NO. The smallest absolute Gasteiger partial charge is 0.119 e. The van der Waals surface area contributed by atoms with Crippen LogP contribution in [0.5, 0.6) is 5.75 Å². The molecule has 4 heteroatoms. The van der Waals surface area contributed by atoms with E-state index in [-0.39, 0.29) is 12.4 Å². The first-order chi connectivity index (χ1) is 7.36. The van der Waals surface area contributed by atoms with E-state index >= 15 is 0 Å². The Morgan fingerprint density at radius 3 is 2.44 bits per heavy atom. The first kappa shape index (κ1) is 15.6. The molecule has 1 rings (SSSR count). The summed E-state index contributed by atoms with van der Waals surface area (Å²) in [7, 11) is 0. The van der Waals surface area contributed by atoms with Crippen molar-refractivity contribution >= 4 is 24.0 Å². The molecule has 0 amide bonds. The molecule has 92 valence electrons. The maximum absolute atomic E-state index is 5.69. The molecule has 0 aliphatic rings. The van der Waals surface area contributed by atoms with Gasteiger partial charge in [-0.3, -0.25) is 4.90 Å². The van der Waals surface area contributed by atoms with Gasteiger partial charge < -0.3 is 4.74 Å². The standard InChI is InChI=1S/C12H18ClNO.ClH/c1-2-14(9-8-13)10-11-15-12-6-4-3-5-7-12;/h3-7H,2,8-11H2,1H3;1H. The normalized spacial score (nSPS) is 9.94. The molecule has 0 atom stereocenters. The van der Waals surface area contributed by atoms with Gasteiger partial charge in [0, 0.05) is 19.0 Å². The van der Waals surface area contributed by atoms with Gasteiger partial charge in [0.1, 0.15) is 12.4 Å². The summed E-state index contributed by atoms with van der Waals surface area (Å²) in [5.74, 6) is 1.61. The van der Waals surface area contributed by atoms with Crippen LogP contribution in [0.2, 0.25) is 0 Å². The summed E-state index contributed by atoms with van der Waals surface area (Å²) in [6, 6.07) is 9.88. The van der Waals surface area contributed by atoms with Crippen LogP contribution in [0, 0.1) is 0 Å². The molecule has 0 bridgehead atoms. The molecule has 0 fully saturated rings. The minimum Gasteiger partial charge on any atom is -0.492 e. The number of rotatable bonds is 7. The topological polar surface area (TPSA) is 12.5 Å². The highest BCUT2D eigenvalue weighted by molar-refractivity contribution is 6.18. The van der Waals surface area contributed by atoms with Gasteiger partial charge in [-0.2, -0.15) is 0 Å². The predicted molar refractivity (Wildman–Crippen MR) is 72.0 cm³/mol. The van der Waals surface area contributed by atoms with Crippen LogP contribution in [0.1, 0.15) is 6.92 Å². The van der Waals surface area contributed by atoms with Crippen molar-refractivity contribution in [1.29, 1.82) is 0 Å². The molecule has 0 aliphatic heterocycles. The van der Waals surface area contributed by atoms with Crippen molar-refractivity contribution in [1.82, 2.24) is 4.90 Å². The SMILES string of the molecule is CCN(CCCl)CCOc1ccccc1.Cl. The molecule has 16 heavy (non-hydrogen) atoms. The van der Waals surface area contributed by atoms with Crippen LogP contribution >= 0.6 is 24.0 Å². The Hall–Kier alpha value is -0.440. The van der Waals surface area contributed by atoms with Crippen LogP contribution in [0.4, 0.5) is 0 Å². The summed E-state index contributed by atoms with van der Waals surface area (Å²) >= 11 is 5.69. The molecule has 0 radical (unpaired) electrons. The average Bonchev–Trinajstić information content (AvgIpc) is 2.29. The first-order valence-corrected chi connectivity index (χ1v) is 5.86. The lowest BCUT2D eigenvalue weighted by molar-refractivity contribution is 0.223. The Balaban J connectivity index is 0.00000225. The summed E-state index contributed by atoms with van der Waals surface area (Å²) in [6.07, 6.45) is 0. The molecular weight excluding hydrogens is 245 g/mol. The van der Waals surface area contributed by atoms with Crippen molar-refractivity contribution in [2.45, 2.75) is 6.92 Å². The van der Waals surface area contributed by atoms with Crippen molar-refractivity contribution < 1.29 is 4.74 Å². The minimum absolute atomic E-state index is 0. The van der Waals surface area contributed by atoms with E-state index in [9.17, 15) is 0 Å². The highest BCUT2D eigenvalue weighted by atomic mass is 35.5. The summed E-state index contributed by atoms with van der Waals surface area (Å²) in [6.45, 7) is 5.73. The number of alkyl halides is 1. The molecule has 0 saturated heterocycles. The van der Waals surface area contributed by atoms with Crippen molar-refractivity contribution in [3.63, 3.8) is 0 Å². The molecule has 1 aromatic rings. The molecule has 0 aliphatic carbocycles. The quantitative estimate of drug-likeness (QED) is 0.702. The van der Waals surface area contributed by atoms with E-state index in [0.717, 1.165) is 32.0 Å². The zero-order chi connectivity index (χ0) is 10.9. The summed E-state index contributed by atoms with van der Waals surface area (Å²) in [4.78, 5) is 2.27. The van der Waals surface area contributed by atoms with Crippen molar-refractivity contribution in [3.8, 4) is 5.75 Å². The number of hydrogen-bond acceptors (Lipinski definition) is 2. The summed E-state index contributed by atoms with van der Waals surface area (Å²) in [5, 5.41) is 0. The number of benzene rings is 1. The number of para-hydroxylation sites is 1. The number of hydrogen-bond donors (Lipinski definition) is 0. The Kier molecular flexibility index (Phi) is 9.49. The largest absolute Gasteiger partial charge is 0.492 e. The van der Waals surface area contributed by atoms with E-state index in [0.29, 0.717) is 5.88 Å². The Morgan fingerprint density at radius 2 is 1.88 bits per heavy atom. The maximum Gasteiger partial charge on any atom is 0.119 e. The summed E-state index contributed by atoms with van der Waals surface area (Å²) in [5.41, 5.74) is 0. The first-order valence-electron chi connectivity index (χ1n) is 5.33. The van der Waals surface area contributed by atoms with Crippen LogP contribution in [0.15, 0.2) is 30.3 Å². The third-order valence-corrected chi connectivity index (χ3v) is 2.44. The highest BCUT2D eigenvalue weighted by Crippen LogP contribution is 2.07. The van der Waals surface area contributed by atoms with Gasteiger partial charge in [-0.25, -0.2) is 0 Å². The van der Waals surface area contributed by atoms with Crippen LogP contribution in [-0.4, -0.2) is 37.0 Å². The predicted octanol–water partition coefficient (Wildman–Crippen LogP) is 3.05. The van der Waals surface area contributed by atoms with Crippen molar-refractivity contribution in [2.75, 3.05) is 32.1 Å². The molecule has 0 unspecified atom stereocenters. The molecule has 0 heterocycles. The monoisotopic (exact) mass is 263 g/mol. The zero-order valence-corrected chi connectivity index (χ0v) is 11.1. The van der Waals surface area contributed by atoms with Gasteiger partial charge in [0.15, 0.2) is 0 Å². The molecule has 0 saturated carbocycles. The van der Waals surface area contributed by atoms with Crippen molar-refractivity contribution in [2.24, 2.45) is 0 Å². The van der Waals surface area contributed by atoms with Gasteiger partial charge in [0.05, 0.1) is 0 Å². The average molecular weight is 264 g/mol. The van der Waals surface area contributed by atoms with Gasteiger partial charge in [-0.15, -0.1) is 24.0 Å². The fourth-order valence-electron chi connectivity index (χ4n) is 1.36. The van der Waals surface area contributed by atoms with Gasteiger partial charge in [-0.1, -0.05) is 25.1 Å². The number of ether oxygens (including phenoxy) is 1. The van der Waals surface area contributed by atoms with Gasteiger partial charge in [-0.05, 0) is 18.7 Å². The van der Waals surface area contributed by atoms with Crippen LogP contribution in [0.3, 0.4) is 0 Å². The molecule has 2 nitrogen and oxygen atoms in total. The third kappa shape index (κ3) is 6.21. The second kappa shape index (κ2) is 9.76. The zero-order valence-electron chi connectivity index (χ0n) is 9.56. The summed E-state index contributed by atoms with van der Waals surface area (Å²) < 4.78 is 5.60. The second-order valence-corrected chi connectivity index (χ2v) is 3.66. The maximum atomic E-state index is 5.69. The lowest BCUT2D eigenvalue weighted by Crippen LogP contribution is -2.30. The van der Waals surface area contributed by atoms with Crippen molar-refractivity contribution in [3.05, 3.63) is 30.3 Å². The van der Waals surface area contributed by atoms with E-state index < -0.39 is 0 Å². The lowest BCUT2D eigenvalue weighted by Gasteiger charge is -2.18. The van der Waals surface area contributed by atoms with Gasteiger partial charge in [0.2, 0.25) is 0 Å². The molecule has 0 aromatic heterocycles. The molecule has 0 spiro atoms. The fraction of sp³-hybridized carbons (Fsp3) is 0.500. The van der Waals surface area contributed by atoms with Crippen LogP contribution in [-0.2, 0) is 0 Å². The van der Waals surface area contributed by atoms with E-state index in [1.165, 1.54) is 0 Å². The van der Waals surface area contributed by atoms with E-state index in [1.807, 2.05) is 30.3 Å². The van der Waals surface area contributed by atoms with Crippen LogP contribution in [0.25, 0.3) is 0 Å². The minimum atomic E-state index is 0. The number of halogens is 2. The molecule has 1 aromatic carbocycles.